The van der Waals surface area contributed by atoms with Crippen molar-refractivity contribution in [2.24, 2.45) is 0 Å². The molecule has 0 spiro atoms. The summed E-state index contributed by atoms with van der Waals surface area (Å²) in [5, 5.41) is 1.31. The number of aldehydes is 1. The molecule has 4 heteroatoms. The predicted molar refractivity (Wildman–Crippen MR) is 86.4 cm³/mol. The molecule has 3 aromatic rings. The van der Waals surface area contributed by atoms with E-state index in [1.54, 1.807) is 0 Å². The molecule has 0 saturated heterocycles. The van der Waals surface area contributed by atoms with Crippen LogP contribution in [0, 0.1) is 0 Å². The molecule has 1 aromatic heterocycles. The number of hydrogen-bond acceptors (Lipinski definition) is 2. The van der Waals surface area contributed by atoms with Crippen LogP contribution >= 0.6 is 24.2 Å². The lowest BCUT2D eigenvalue weighted by Crippen LogP contribution is -1.94. The van der Waals surface area contributed by atoms with Crippen LogP contribution in [0.1, 0.15) is 15.9 Å². The van der Waals surface area contributed by atoms with Gasteiger partial charge >= 0.3 is 0 Å². The van der Waals surface area contributed by atoms with Crippen molar-refractivity contribution in [1.82, 2.24) is 4.57 Å². The smallest absolute Gasteiger partial charge is 0.153 e. The molecule has 100 valence electrons. The molecular weight excluding hydrogens is 290 g/mol. The molecule has 3 rings (SSSR count). The summed E-state index contributed by atoms with van der Waals surface area (Å²) in [4.78, 5) is 11.3. The Bertz CT molecular complexity index is 777. The van der Waals surface area contributed by atoms with Gasteiger partial charge in [0.05, 0.1) is 11.1 Å². The molecule has 0 aliphatic rings. The van der Waals surface area contributed by atoms with Gasteiger partial charge in [0, 0.05) is 16.8 Å². The second-order valence-electron chi connectivity index (χ2n) is 4.50. The first kappa shape index (κ1) is 13.3. The van der Waals surface area contributed by atoms with E-state index in [0.29, 0.717) is 16.5 Å². The largest absolute Gasteiger partial charge is 0.300 e. The van der Waals surface area contributed by atoms with Crippen LogP contribution in [0.3, 0.4) is 0 Å². The van der Waals surface area contributed by atoms with Gasteiger partial charge in [-0.3, -0.25) is 9.36 Å². The van der Waals surface area contributed by atoms with Gasteiger partial charge in [0.1, 0.15) is 5.15 Å². The monoisotopic (exact) mass is 301 g/mol. The molecule has 2 nitrogen and oxygen atoms in total. The third-order valence-corrected chi connectivity index (χ3v) is 4.09. The SMILES string of the molecule is O=Cc1c(Cl)n(-c2ccc(CS)cc2)c2ccccc12. The fourth-order valence-electron chi connectivity index (χ4n) is 2.35. The molecule has 0 saturated carbocycles. The van der Waals surface area contributed by atoms with Crippen molar-refractivity contribution < 1.29 is 4.79 Å². The number of nitrogens with zero attached hydrogens (tertiary/aromatic N) is 1. The summed E-state index contributed by atoms with van der Waals surface area (Å²) in [5.41, 5.74) is 3.53. The topological polar surface area (TPSA) is 22.0 Å². The first-order chi connectivity index (χ1) is 9.76. The minimum atomic E-state index is 0.444. The third kappa shape index (κ3) is 2.03. The molecule has 0 N–H and O–H groups in total. The standard InChI is InChI=1S/C16H12ClNOS/c17-16-14(9-19)13-3-1-2-4-15(13)18(16)12-7-5-11(10-20)6-8-12/h1-9,20H,10H2. The molecule has 0 unspecified atom stereocenters. The van der Waals surface area contributed by atoms with Gasteiger partial charge < -0.3 is 0 Å². The molecule has 0 aliphatic heterocycles. The molecule has 0 fully saturated rings. The molecule has 0 bridgehead atoms. The van der Waals surface area contributed by atoms with E-state index in [0.717, 1.165) is 28.4 Å². The fourth-order valence-corrected chi connectivity index (χ4v) is 2.89. The number of aromatic nitrogens is 1. The lowest BCUT2D eigenvalue weighted by Gasteiger charge is -2.08. The zero-order valence-corrected chi connectivity index (χ0v) is 12.2. The Kier molecular flexibility index (Phi) is 3.55. The normalized spacial score (nSPS) is 10.9. The van der Waals surface area contributed by atoms with E-state index >= 15 is 0 Å². The first-order valence-electron chi connectivity index (χ1n) is 6.20. The highest BCUT2D eigenvalue weighted by Gasteiger charge is 2.15. The van der Waals surface area contributed by atoms with Crippen LogP contribution in [0.25, 0.3) is 16.6 Å². The van der Waals surface area contributed by atoms with Crippen LogP contribution < -0.4 is 0 Å². The lowest BCUT2D eigenvalue weighted by atomic mass is 10.2. The van der Waals surface area contributed by atoms with Crippen LogP contribution in [0.2, 0.25) is 5.15 Å². The van der Waals surface area contributed by atoms with Gasteiger partial charge in [0.2, 0.25) is 0 Å². The van der Waals surface area contributed by atoms with E-state index in [9.17, 15) is 4.79 Å². The highest BCUT2D eigenvalue weighted by Crippen LogP contribution is 2.31. The van der Waals surface area contributed by atoms with Crippen LogP contribution in [0.4, 0.5) is 0 Å². The summed E-state index contributed by atoms with van der Waals surface area (Å²) in [5.74, 6) is 0.694. The van der Waals surface area contributed by atoms with Crippen molar-refractivity contribution in [2.45, 2.75) is 5.75 Å². The van der Waals surface area contributed by atoms with Crippen LogP contribution in [0.15, 0.2) is 48.5 Å². The Morgan fingerprint density at radius 1 is 1.10 bits per heavy atom. The van der Waals surface area contributed by atoms with Crippen molar-refractivity contribution in [3.8, 4) is 5.69 Å². The van der Waals surface area contributed by atoms with Crippen molar-refractivity contribution >= 4 is 41.4 Å². The molecule has 2 aromatic carbocycles. The zero-order valence-electron chi connectivity index (χ0n) is 10.6. The number of halogens is 1. The molecule has 0 aliphatic carbocycles. The lowest BCUT2D eigenvalue weighted by molar-refractivity contribution is 0.112. The maximum atomic E-state index is 11.3. The molecule has 1 heterocycles. The highest BCUT2D eigenvalue weighted by molar-refractivity contribution is 7.79. The Balaban J connectivity index is 2.29. The maximum Gasteiger partial charge on any atom is 0.153 e. The Morgan fingerprint density at radius 2 is 1.80 bits per heavy atom. The van der Waals surface area contributed by atoms with Crippen molar-refractivity contribution in [3.05, 3.63) is 64.8 Å². The Labute approximate surface area is 127 Å². The third-order valence-electron chi connectivity index (χ3n) is 3.35. The van der Waals surface area contributed by atoms with Gasteiger partial charge in [-0.1, -0.05) is 41.9 Å². The summed E-state index contributed by atoms with van der Waals surface area (Å²) >= 11 is 10.6. The van der Waals surface area contributed by atoms with E-state index in [4.69, 9.17) is 11.6 Å². The molecule has 20 heavy (non-hydrogen) atoms. The predicted octanol–water partition coefficient (Wildman–Crippen LogP) is 4.53. The maximum absolute atomic E-state index is 11.3. The number of benzene rings is 2. The van der Waals surface area contributed by atoms with E-state index in [1.165, 1.54) is 0 Å². The quantitative estimate of drug-likeness (QED) is 0.557. The van der Waals surface area contributed by atoms with E-state index < -0.39 is 0 Å². The van der Waals surface area contributed by atoms with Crippen molar-refractivity contribution in [1.29, 1.82) is 0 Å². The second-order valence-corrected chi connectivity index (χ2v) is 5.17. The van der Waals surface area contributed by atoms with Crippen LogP contribution in [-0.4, -0.2) is 10.9 Å². The minimum Gasteiger partial charge on any atom is -0.300 e. The van der Waals surface area contributed by atoms with Gasteiger partial charge in [0.15, 0.2) is 6.29 Å². The van der Waals surface area contributed by atoms with Crippen LogP contribution in [-0.2, 0) is 5.75 Å². The number of fused-ring (bicyclic) bond motifs is 1. The number of hydrogen-bond donors (Lipinski definition) is 1. The number of rotatable bonds is 3. The van der Waals surface area contributed by atoms with Crippen LogP contribution in [0.5, 0.6) is 0 Å². The van der Waals surface area contributed by atoms with E-state index in [-0.39, 0.29) is 0 Å². The number of carbonyl (C=O) groups excluding carboxylic acids is 1. The highest BCUT2D eigenvalue weighted by atomic mass is 35.5. The van der Waals surface area contributed by atoms with E-state index in [1.807, 2.05) is 53.1 Å². The van der Waals surface area contributed by atoms with Gasteiger partial charge in [-0.05, 0) is 23.8 Å². The zero-order chi connectivity index (χ0) is 14.1. The Hall–Kier alpha value is -1.71. The molecule has 0 atom stereocenters. The van der Waals surface area contributed by atoms with Crippen molar-refractivity contribution in [3.63, 3.8) is 0 Å². The summed E-state index contributed by atoms with van der Waals surface area (Å²) in [7, 11) is 0. The Morgan fingerprint density at radius 3 is 2.45 bits per heavy atom. The first-order valence-corrected chi connectivity index (χ1v) is 7.21. The molecule has 0 radical (unpaired) electrons. The van der Waals surface area contributed by atoms with Gasteiger partial charge in [-0.15, -0.1) is 0 Å². The molecular formula is C16H12ClNOS. The summed E-state index contributed by atoms with van der Waals surface area (Å²) in [6, 6.07) is 15.7. The molecule has 0 amide bonds. The average molecular weight is 302 g/mol. The summed E-state index contributed by atoms with van der Waals surface area (Å²) in [6.07, 6.45) is 0.809. The number of carbonyl (C=O) groups is 1. The number of thiol groups is 1. The van der Waals surface area contributed by atoms with Gasteiger partial charge in [0.25, 0.3) is 0 Å². The van der Waals surface area contributed by atoms with Gasteiger partial charge in [-0.2, -0.15) is 12.6 Å². The second kappa shape index (κ2) is 5.35. The number of para-hydroxylation sites is 1. The van der Waals surface area contributed by atoms with Gasteiger partial charge in [-0.25, -0.2) is 0 Å². The minimum absolute atomic E-state index is 0.444. The van der Waals surface area contributed by atoms with E-state index in [2.05, 4.69) is 12.6 Å². The average Bonchev–Trinajstić information content (AvgIpc) is 2.79. The summed E-state index contributed by atoms with van der Waals surface area (Å²) < 4.78 is 1.89. The summed E-state index contributed by atoms with van der Waals surface area (Å²) in [6.45, 7) is 0. The van der Waals surface area contributed by atoms with Crippen molar-refractivity contribution in [2.75, 3.05) is 0 Å². The fraction of sp³-hybridized carbons (Fsp3) is 0.0625.